The van der Waals surface area contributed by atoms with Crippen LogP contribution >= 0.6 is 15.9 Å². The van der Waals surface area contributed by atoms with Gasteiger partial charge in [0.05, 0.1) is 6.61 Å². The second-order valence-electron chi connectivity index (χ2n) is 4.01. The zero-order chi connectivity index (χ0) is 13.5. The summed E-state index contributed by atoms with van der Waals surface area (Å²) in [5.41, 5.74) is 4.34. The van der Waals surface area contributed by atoms with Gasteiger partial charge < -0.3 is 0 Å². The molecule has 0 radical (unpaired) electrons. The predicted octanol–water partition coefficient (Wildman–Crippen LogP) is 3.37. The molecule has 2 aromatic rings. The lowest BCUT2D eigenvalue weighted by Gasteiger charge is -2.11. The molecule has 19 heavy (non-hydrogen) atoms. The first-order chi connectivity index (χ1) is 9.27. The molecule has 0 spiro atoms. The van der Waals surface area contributed by atoms with Crippen molar-refractivity contribution in [2.24, 2.45) is 0 Å². The first kappa shape index (κ1) is 13.8. The highest BCUT2D eigenvalue weighted by atomic mass is 79.9. The van der Waals surface area contributed by atoms with Crippen molar-refractivity contribution in [1.82, 2.24) is 5.48 Å². The molecular weight excluding hydrogens is 306 g/mol. The van der Waals surface area contributed by atoms with Gasteiger partial charge in [0.25, 0.3) is 5.91 Å². The summed E-state index contributed by atoms with van der Waals surface area (Å²) in [5, 5.41) is 0. The van der Waals surface area contributed by atoms with Gasteiger partial charge in [-0.2, -0.15) is 0 Å². The maximum Gasteiger partial charge on any atom is 0.261 e. The van der Waals surface area contributed by atoms with Gasteiger partial charge in [0.1, 0.15) is 4.83 Å². The minimum Gasteiger partial charge on any atom is -0.271 e. The molecule has 98 valence electrons. The number of hydrogen-bond donors (Lipinski definition) is 1. The van der Waals surface area contributed by atoms with Crippen LogP contribution in [0, 0.1) is 0 Å². The number of halogens is 1. The average Bonchev–Trinajstić information content (AvgIpc) is 2.48. The first-order valence-electron chi connectivity index (χ1n) is 5.92. The molecule has 1 amide bonds. The van der Waals surface area contributed by atoms with E-state index in [0.717, 1.165) is 11.1 Å². The second kappa shape index (κ2) is 7.07. The zero-order valence-corrected chi connectivity index (χ0v) is 11.8. The molecule has 0 aliphatic rings. The Morgan fingerprint density at radius 3 is 2.26 bits per heavy atom. The summed E-state index contributed by atoms with van der Waals surface area (Å²) in [6.07, 6.45) is 0. The van der Waals surface area contributed by atoms with Gasteiger partial charge in [-0.05, 0) is 11.1 Å². The fourth-order valence-electron chi connectivity index (χ4n) is 1.59. The number of benzene rings is 2. The molecule has 4 heteroatoms. The number of hydroxylamine groups is 1. The SMILES string of the molecule is O=C(NOCc1ccccc1)C(Br)c1ccccc1. The van der Waals surface area contributed by atoms with Crippen LogP contribution in [0.2, 0.25) is 0 Å². The molecule has 1 unspecified atom stereocenters. The summed E-state index contributed by atoms with van der Waals surface area (Å²) in [6.45, 7) is 0.348. The van der Waals surface area contributed by atoms with Crippen LogP contribution < -0.4 is 5.48 Å². The Labute approximate surface area is 120 Å². The maximum absolute atomic E-state index is 11.9. The van der Waals surface area contributed by atoms with Gasteiger partial charge in [0.2, 0.25) is 0 Å². The molecule has 0 saturated carbocycles. The van der Waals surface area contributed by atoms with E-state index in [4.69, 9.17) is 4.84 Å². The van der Waals surface area contributed by atoms with Gasteiger partial charge in [-0.25, -0.2) is 5.48 Å². The lowest BCUT2D eigenvalue weighted by Crippen LogP contribution is -2.26. The van der Waals surface area contributed by atoms with Crippen molar-refractivity contribution in [3.8, 4) is 0 Å². The summed E-state index contributed by atoms with van der Waals surface area (Å²) >= 11 is 3.35. The molecule has 0 heterocycles. The molecule has 2 aromatic carbocycles. The van der Waals surface area contributed by atoms with Crippen LogP contribution in [0.25, 0.3) is 0 Å². The molecule has 0 saturated heterocycles. The Morgan fingerprint density at radius 2 is 1.63 bits per heavy atom. The van der Waals surface area contributed by atoms with Crippen LogP contribution in [-0.4, -0.2) is 5.91 Å². The Morgan fingerprint density at radius 1 is 1.05 bits per heavy atom. The van der Waals surface area contributed by atoms with E-state index < -0.39 is 4.83 Å². The van der Waals surface area contributed by atoms with Crippen molar-refractivity contribution < 1.29 is 9.63 Å². The van der Waals surface area contributed by atoms with Crippen molar-refractivity contribution in [3.05, 3.63) is 71.8 Å². The maximum atomic E-state index is 11.9. The van der Waals surface area contributed by atoms with Crippen LogP contribution in [0.15, 0.2) is 60.7 Å². The number of nitrogens with one attached hydrogen (secondary N) is 1. The van der Waals surface area contributed by atoms with E-state index >= 15 is 0 Å². The van der Waals surface area contributed by atoms with Crippen molar-refractivity contribution in [1.29, 1.82) is 0 Å². The van der Waals surface area contributed by atoms with Gasteiger partial charge in [0.15, 0.2) is 0 Å². The molecule has 3 nitrogen and oxygen atoms in total. The van der Waals surface area contributed by atoms with E-state index in [-0.39, 0.29) is 5.91 Å². The van der Waals surface area contributed by atoms with Gasteiger partial charge >= 0.3 is 0 Å². The molecule has 0 aliphatic heterocycles. The Hall–Kier alpha value is -1.65. The van der Waals surface area contributed by atoms with Gasteiger partial charge in [-0.3, -0.25) is 9.63 Å². The van der Waals surface area contributed by atoms with Crippen LogP contribution in [0.4, 0.5) is 0 Å². The zero-order valence-electron chi connectivity index (χ0n) is 10.3. The summed E-state index contributed by atoms with van der Waals surface area (Å²) in [5.74, 6) is -0.220. The number of alkyl halides is 1. The smallest absolute Gasteiger partial charge is 0.261 e. The normalized spacial score (nSPS) is 11.8. The Kier molecular flexibility index (Phi) is 5.12. The summed E-state index contributed by atoms with van der Waals surface area (Å²) in [6, 6.07) is 19.1. The summed E-state index contributed by atoms with van der Waals surface area (Å²) in [4.78, 5) is 16.6. The number of carbonyl (C=O) groups is 1. The summed E-state index contributed by atoms with van der Waals surface area (Å²) in [7, 11) is 0. The Bertz CT molecular complexity index is 516. The number of rotatable bonds is 5. The number of amides is 1. The first-order valence-corrected chi connectivity index (χ1v) is 6.83. The van der Waals surface area contributed by atoms with E-state index in [0.29, 0.717) is 6.61 Å². The predicted molar refractivity (Wildman–Crippen MR) is 77.5 cm³/mol. The third kappa shape index (κ3) is 4.19. The summed E-state index contributed by atoms with van der Waals surface area (Å²) < 4.78 is 0. The minimum atomic E-state index is -0.413. The number of hydrogen-bond acceptors (Lipinski definition) is 2. The van der Waals surface area contributed by atoms with E-state index in [1.54, 1.807) is 0 Å². The van der Waals surface area contributed by atoms with E-state index in [2.05, 4.69) is 21.4 Å². The fraction of sp³-hybridized carbons (Fsp3) is 0.133. The third-order valence-corrected chi connectivity index (χ3v) is 3.52. The highest BCUT2D eigenvalue weighted by molar-refractivity contribution is 9.09. The highest BCUT2D eigenvalue weighted by Crippen LogP contribution is 2.22. The molecule has 1 N–H and O–H groups in total. The van der Waals surface area contributed by atoms with Crippen molar-refractivity contribution in [3.63, 3.8) is 0 Å². The van der Waals surface area contributed by atoms with Crippen molar-refractivity contribution in [2.75, 3.05) is 0 Å². The van der Waals surface area contributed by atoms with Crippen molar-refractivity contribution >= 4 is 21.8 Å². The molecule has 1 atom stereocenters. The average molecular weight is 320 g/mol. The van der Waals surface area contributed by atoms with E-state index in [1.807, 2.05) is 60.7 Å². The molecular formula is C15H14BrNO2. The van der Waals surface area contributed by atoms with Gasteiger partial charge in [-0.1, -0.05) is 76.6 Å². The molecule has 2 rings (SSSR count). The third-order valence-electron chi connectivity index (χ3n) is 2.58. The molecule has 0 aromatic heterocycles. The Balaban J connectivity index is 1.82. The van der Waals surface area contributed by atoms with Gasteiger partial charge in [-0.15, -0.1) is 0 Å². The topological polar surface area (TPSA) is 38.3 Å². The largest absolute Gasteiger partial charge is 0.271 e. The lowest BCUT2D eigenvalue weighted by atomic mass is 10.1. The van der Waals surface area contributed by atoms with Crippen LogP contribution in [0.3, 0.4) is 0 Å². The molecule has 0 bridgehead atoms. The minimum absolute atomic E-state index is 0.220. The molecule has 0 fully saturated rings. The van der Waals surface area contributed by atoms with Crippen molar-refractivity contribution in [2.45, 2.75) is 11.4 Å². The van der Waals surface area contributed by atoms with E-state index in [9.17, 15) is 4.79 Å². The number of carbonyl (C=O) groups excluding carboxylic acids is 1. The van der Waals surface area contributed by atoms with E-state index in [1.165, 1.54) is 0 Å². The van der Waals surface area contributed by atoms with Crippen LogP contribution in [0.5, 0.6) is 0 Å². The highest BCUT2D eigenvalue weighted by Gasteiger charge is 2.16. The quantitative estimate of drug-likeness (QED) is 0.677. The van der Waals surface area contributed by atoms with Crippen LogP contribution in [0.1, 0.15) is 16.0 Å². The molecule has 0 aliphatic carbocycles. The van der Waals surface area contributed by atoms with Crippen LogP contribution in [-0.2, 0) is 16.2 Å². The fourth-order valence-corrected chi connectivity index (χ4v) is 1.99. The lowest BCUT2D eigenvalue weighted by molar-refractivity contribution is -0.133. The second-order valence-corrected chi connectivity index (χ2v) is 4.93. The van der Waals surface area contributed by atoms with Gasteiger partial charge in [0, 0.05) is 0 Å². The monoisotopic (exact) mass is 319 g/mol. The standard InChI is InChI=1S/C15H14BrNO2/c16-14(13-9-5-2-6-10-13)15(18)17-19-11-12-7-3-1-4-8-12/h1-10,14H,11H2,(H,17,18).